The van der Waals surface area contributed by atoms with Gasteiger partial charge < -0.3 is 5.21 Å². The first kappa shape index (κ1) is 9.71. The summed E-state index contributed by atoms with van der Waals surface area (Å²) in [6.45, 7) is 2.12. The number of rotatable bonds is 0. The number of aromatic nitrogens is 2. The maximum absolute atomic E-state index is 9.68. The van der Waals surface area contributed by atoms with E-state index in [-0.39, 0.29) is 11.2 Å². The predicted molar refractivity (Wildman–Crippen MR) is 51.2 cm³/mol. The van der Waals surface area contributed by atoms with Gasteiger partial charge in [0.05, 0.1) is 11.4 Å². The fourth-order valence-electron chi connectivity index (χ4n) is 1.92. The van der Waals surface area contributed by atoms with Crippen molar-refractivity contribution < 1.29 is 5.21 Å². The van der Waals surface area contributed by atoms with E-state index < -0.39 is 0 Å². The third-order valence-corrected chi connectivity index (χ3v) is 2.79. The van der Waals surface area contributed by atoms with Crippen LogP contribution in [0.25, 0.3) is 0 Å². The van der Waals surface area contributed by atoms with E-state index in [0.717, 1.165) is 29.7 Å². The molecule has 1 aliphatic carbocycles. The van der Waals surface area contributed by atoms with Crippen molar-refractivity contribution in [2.75, 3.05) is 0 Å². The van der Waals surface area contributed by atoms with Gasteiger partial charge >= 0.3 is 0 Å². The van der Waals surface area contributed by atoms with Crippen LogP contribution in [0.4, 0.5) is 0 Å². The molecule has 1 atom stereocenters. The number of nitrogens with zero attached hydrogens (tertiary/aromatic N) is 3. The Morgan fingerprint density at radius 3 is 3.07 bits per heavy atom. The molecule has 0 bridgehead atoms. The fraction of sp³-hybridized carbons (Fsp3) is 0.500. The zero-order valence-electron chi connectivity index (χ0n) is 8.49. The van der Waals surface area contributed by atoms with Crippen LogP contribution >= 0.6 is 0 Å². The minimum absolute atomic E-state index is 0.00894. The summed E-state index contributed by atoms with van der Waals surface area (Å²) < 4.78 is 0.798. The van der Waals surface area contributed by atoms with Gasteiger partial charge in [-0.25, -0.2) is 4.98 Å². The van der Waals surface area contributed by atoms with Crippen LogP contribution in [0.1, 0.15) is 30.4 Å². The second kappa shape index (κ2) is 3.39. The van der Waals surface area contributed by atoms with Crippen LogP contribution in [0.3, 0.4) is 0 Å². The zero-order valence-corrected chi connectivity index (χ0v) is 8.49. The highest BCUT2D eigenvalue weighted by Gasteiger charge is 2.21. The molecular weight excluding hydrogens is 192 g/mol. The number of hydrogen-bond acceptors (Lipinski definition) is 4. The molecule has 0 amide bonds. The molecule has 1 unspecified atom stereocenters. The SMILES string of the molecule is CC1CCc2c(nc(C#N)c(=N)n2O)C1. The molecule has 2 rings (SSSR count). The molecule has 0 spiro atoms. The Balaban J connectivity index is 2.64. The van der Waals surface area contributed by atoms with Gasteiger partial charge in [-0.3, -0.25) is 5.41 Å². The van der Waals surface area contributed by atoms with Gasteiger partial charge in [-0.15, -0.1) is 0 Å². The van der Waals surface area contributed by atoms with Crippen molar-refractivity contribution in [3.63, 3.8) is 0 Å². The summed E-state index contributed by atoms with van der Waals surface area (Å²) in [6, 6.07) is 1.82. The van der Waals surface area contributed by atoms with Gasteiger partial charge in [-0.1, -0.05) is 6.92 Å². The minimum atomic E-state index is -0.217. The van der Waals surface area contributed by atoms with E-state index in [1.165, 1.54) is 0 Å². The lowest BCUT2D eigenvalue weighted by Crippen LogP contribution is -2.30. The molecule has 0 aliphatic heterocycles. The Morgan fingerprint density at radius 2 is 2.40 bits per heavy atom. The largest absolute Gasteiger partial charge is 0.427 e. The second-order valence-electron chi connectivity index (χ2n) is 3.97. The normalized spacial score (nSPS) is 19.3. The van der Waals surface area contributed by atoms with Gasteiger partial charge in [0.15, 0.2) is 11.2 Å². The molecule has 0 radical (unpaired) electrons. The molecule has 2 N–H and O–H groups in total. The van der Waals surface area contributed by atoms with Gasteiger partial charge in [0, 0.05) is 0 Å². The van der Waals surface area contributed by atoms with Crippen LogP contribution in [0.5, 0.6) is 0 Å². The third kappa shape index (κ3) is 1.48. The summed E-state index contributed by atoms with van der Waals surface area (Å²) in [4.78, 5) is 4.11. The molecule has 1 aromatic rings. The van der Waals surface area contributed by atoms with Gasteiger partial charge in [0.1, 0.15) is 6.07 Å². The van der Waals surface area contributed by atoms with Gasteiger partial charge in [0.25, 0.3) is 0 Å². The van der Waals surface area contributed by atoms with Crippen LogP contribution in [0.15, 0.2) is 0 Å². The summed E-state index contributed by atoms with van der Waals surface area (Å²) in [6.07, 6.45) is 2.48. The lowest BCUT2D eigenvalue weighted by molar-refractivity contribution is 0.153. The Morgan fingerprint density at radius 1 is 1.67 bits per heavy atom. The van der Waals surface area contributed by atoms with Crippen molar-refractivity contribution in [3.05, 3.63) is 22.6 Å². The lowest BCUT2D eigenvalue weighted by Gasteiger charge is -2.21. The van der Waals surface area contributed by atoms with Crippen molar-refractivity contribution in [2.45, 2.75) is 26.2 Å². The smallest absolute Gasteiger partial charge is 0.197 e. The van der Waals surface area contributed by atoms with Crippen LogP contribution < -0.4 is 5.49 Å². The van der Waals surface area contributed by atoms with Crippen molar-refractivity contribution >= 4 is 0 Å². The topological polar surface area (TPSA) is 85.7 Å². The zero-order chi connectivity index (χ0) is 11.0. The highest BCUT2D eigenvalue weighted by atomic mass is 16.5. The average Bonchev–Trinajstić information content (AvgIpc) is 2.23. The first-order valence-corrected chi connectivity index (χ1v) is 4.92. The molecule has 0 saturated heterocycles. The van der Waals surface area contributed by atoms with E-state index in [9.17, 15) is 5.21 Å². The van der Waals surface area contributed by atoms with E-state index in [4.69, 9.17) is 10.7 Å². The first-order chi connectivity index (χ1) is 7.13. The van der Waals surface area contributed by atoms with Gasteiger partial charge in [0.2, 0.25) is 0 Å². The van der Waals surface area contributed by atoms with Crippen LogP contribution in [-0.2, 0) is 12.8 Å². The average molecular weight is 204 g/mol. The summed E-state index contributed by atoms with van der Waals surface area (Å²) in [5.41, 5.74) is 1.21. The number of hydrogen-bond donors (Lipinski definition) is 2. The van der Waals surface area contributed by atoms with Gasteiger partial charge in [-0.2, -0.15) is 9.99 Å². The summed E-state index contributed by atoms with van der Waals surface area (Å²) >= 11 is 0. The number of nitriles is 1. The quantitative estimate of drug-likeness (QED) is 0.606. The predicted octanol–water partition coefficient (Wildman–Crippen LogP) is 0.596. The fourth-order valence-corrected chi connectivity index (χ4v) is 1.92. The summed E-state index contributed by atoms with van der Waals surface area (Å²) in [5.74, 6) is 0.521. The molecule has 0 fully saturated rings. The Labute approximate surface area is 87.1 Å². The van der Waals surface area contributed by atoms with E-state index in [0.29, 0.717) is 11.6 Å². The molecule has 5 heteroatoms. The molecule has 1 aliphatic rings. The maximum Gasteiger partial charge on any atom is 0.197 e. The van der Waals surface area contributed by atoms with Crippen molar-refractivity contribution in [2.24, 2.45) is 5.92 Å². The van der Waals surface area contributed by atoms with E-state index in [1.807, 2.05) is 6.07 Å². The van der Waals surface area contributed by atoms with E-state index >= 15 is 0 Å². The second-order valence-corrected chi connectivity index (χ2v) is 3.97. The molecular formula is C10H12N4O. The van der Waals surface area contributed by atoms with Crippen molar-refractivity contribution in [1.29, 1.82) is 10.7 Å². The van der Waals surface area contributed by atoms with Crippen LogP contribution in [-0.4, -0.2) is 14.9 Å². The van der Waals surface area contributed by atoms with E-state index in [2.05, 4.69) is 11.9 Å². The maximum atomic E-state index is 9.68. The Bertz CT molecular complexity index is 497. The standard InChI is InChI=1S/C10H12N4O/c1-6-2-3-9-7(4-6)13-8(5-11)10(12)14(9)15/h6,12,15H,2-4H2,1H3. The summed E-state index contributed by atoms with van der Waals surface area (Å²) in [5, 5.41) is 25.9. The van der Waals surface area contributed by atoms with E-state index in [1.54, 1.807) is 0 Å². The molecule has 1 heterocycles. The molecule has 78 valence electrons. The number of fused-ring (bicyclic) bond motifs is 1. The third-order valence-electron chi connectivity index (χ3n) is 2.79. The molecule has 0 saturated carbocycles. The monoisotopic (exact) mass is 204 g/mol. The van der Waals surface area contributed by atoms with Gasteiger partial charge in [-0.05, 0) is 25.2 Å². The van der Waals surface area contributed by atoms with Crippen LogP contribution in [0, 0.1) is 22.7 Å². The minimum Gasteiger partial charge on any atom is -0.427 e. The van der Waals surface area contributed by atoms with Crippen molar-refractivity contribution in [3.8, 4) is 6.07 Å². The number of nitrogens with one attached hydrogen (secondary N) is 1. The lowest BCUT2D eigenvalue weighted by atomic mass is 9.91. The van der Waals surface area contributed by atoms with Crippen molar-refractivity contribution in [1.82, 2.24) is 9.71 Å². The molecule has 15 heavy (non-hydrogen) atoms. The highest BCUT2D eigenvalue weighted by molar-refractivity contribution is 5.24. The first-order valence-electron chi connectivity index (χ1n) is 4.92. The molecule has 0 aromatic carbocycles. The summed E-state index contributed by atoms with van der Waals surface area (Å²) in [7, 11) is 0. The van der Waals surface area contributed by atoms with Crippen LogP contribution in [0.2, 0.25) is 0 Å². The Hall–Kier alpha value is -1.83. The Kier molecular flexibility index (Phi) is 2.19. The molecule has 1 aromatic heterocycles. The highest BCUT2D eigenvalue weighted by Crippen LogP contribution is 2.22. The molecule has 5 nitrogen and oxygen atoms in total.